The van der Waals surface area contributed by atoms with E-state index in [1.807, 2.05) is 50.8 Å². The molecular formula is C43H60Cl2FN7O6. The largest absolute Gasteiger partial charge is 0.393 e. The summed E-state index contributed by atoms with van der Waals surface area (Å²) in [5.74, 6) is -0.921. The van der Waals surface area contributed by atoms with Gasteiger partial charge in [-0.2, -0.15) is 0 Å². The molecule has 16 heteroatoms. The van der Waals surface area contributed by atoms with Crippen LogP contribution < -0.4 is 26.6 Å². The molecule has 0 saturated carbocycles. The number of amides is 4. The average Bonchev–Trinajstić information content (AvgIpc) is 3.21. The number of carbonyl (C=O) groups excluding carboxylic acids is 6. The molecule has 2 aliphatic rings. The van der Waals surface area contributed by atoms with Crippen molar-refractivity contribution in [2.45, 2.75) is 92.5 Å². The molecule has 13 nitrogen and oxygen atoms in total. The van der Waals surface area contributed by atoms with Crippen LogP contribution >= 0.6 is 23.2 Å². The third-order valence-electron chi connectivity index (χ3n) is 10.4. The van der Waals surface area contributed by atoms with Crippen molar-refractivity contribution in [3.05, 3.63) is 74.3 Å². The van der Waals surface area contributed by atoms with Crippen LogP contribution in [0.15, 0.2) is 41.7 Å². The maximum absolute atomic E-state index is 15.2. The molecule has 6 N–H and O–H groups in total. The van der Waals surface area contributed by atoms with Crippen LogP contribution in [0.5, 0.6) is 0 Å². The van der Waals surface area contributed by atoms with Crippen molar-refractivity contribution >= 4 is 71.3 Å². The van der Waals surface area contributed by atoms with Gasteiger partial charge in [-0.15, -0.1) is 0 Å². The summed E-state index contributed by atoms with van der Waals surface area (Å²) in [6.07, 6.45) is 6.82. The summed E-state index contributed by atoms with van der Waals surface area (Å²) >= 11 is 11.5. The minimum Gasteiger partial charge on any atom is -0.393 e. The standard InChI is InChI=1S/C29H41FN6O4.C7H6Cl2.C7H13NO2/c1-4-18(2)28(39)23-13-24(30)26(14-22(23)19(3)38)36-11-5-20(6-12-36)16-35-9-7-21(8-10-35)34-29(40)27(32)25(15-31)33-17-37;1-5-6(8)3-2-4-7(5)9;1-6(2)3-4-7(10)8-5-9/h13-15,17-18,20-21,31H,4-12,16,32H2,1-3H3,(H,33,37)(H,34,40);2-4H,1H3;5-6H,3-4H2,1-2H3,(H,8,9,10)/b27-25+,31-15?;;. The van der Waals surface area contributed by atoms with Crippen LogP contribution in [0.1, 0.15) is 106 Å². The van der Waals surface area contributed by atoms with E-state index >= 15 is 4.39 Å². The van der Waals surface area contributed by atoms with Crippen molar-refractivity contribution in [1.29, 1.82) is 5.41 Å². The molecule has 324 valence electrons. The summed E-state index contributed by atoms with van der Waals surface area (Å²) in [4.78, 5) is 72.8. The fraction of sp³-hybridized carbons (Fsp3) is 0.512. The van der Waals surface area contributed by atoms with E-state index in [4.69, 9.17) is 34.3 Å². The molecule has 4 rings (SSSR count). The first kappa shape index (κ1) is 50.5. The summed E-state index contributed by atoms with van der Waals surface area (Å²) in [6.45, 7) is 15.0. The molecule has 0 bridgehead atoms. The molecule has 4 amide bonds. The Morgan fingerprint density at radius 2 is 1.54 bits per heavy atom. The second-order valence-electron chi connectivity index (χ2n) is 15.3. The second kappa shape index (κ2) is 25.7. The summed E-state index contributed by atoms with van der Waals surface area (Å²) in [5.41, 5.74) is 7.32. The van der Waals surface area contributed by atoms with Crippen molar-refractivity contribution in [1.82, 2.24) is 20.9 Å². The Bertz CT molecular complexity index is 1790. The maximum Gasteiger partial charge on any atom is 0.269 e. The summed E-state index contributed by atoms with van der Waals surface area (Å²) in [6, 6.07) is 8.22. The highest BCUT2D eigenvalue weighted by Gasteiger charge is 2.29. The van der Waals surface area contributed by atoms with Gasteiger partial charge in [-0.1, -0.05) is 57.0 Å². The van der Waals surface area contributed by atoms with E-state index in [1.54, 1.807) is 13.0 Å². The van der Waals surface area contributed by atoms with Gasteiger partial charge in [-0.3, -0.25) is 34.1 Å². The van der Waals surface area contributed by atoms with Gasteiger partial charge in [-0.25, -0.2) is 4.39 Å². The molecule has 2 aromatic rings. The van der Waals surface area contributed by atoms with E-state index in [-0.39, 0.29) is 52.0 Å². The van der Waals surface area contributed by atoms with Crippen LogP contribution in [-0.4, -0.2) is 86.1 Å². The first-order valence-electron chi connectivity index (χ1n) is 20.0. The number of hydrogen-bond acceptors (Lipinski definition) is 10. The van der Waals surface area contributed by atoms with Crippen LogP contribution in [0.25, 0.3) is 0 Å². The number of imide groups is 1. The third kappa shape index (κ3) is 16.5. The normalized spacial score (nSPS) is 15.6. The van der Waals surface area contributed by atoms with E-state index in [9.17, 15) is 28.8 Å². The molecule has 0 spiro atoms. The van der Waals surface area contributed by atoms with Gasteiger partial charge in [0.1, 0.15) is 11.5 Å². The number of piperidine rings is 2. The number of benzene rings is 2. The number of halogens is 3. The number of hydrogen-bond donors (Lipinski definition) is 5. The van der Waals surface area contributed by atoms with E-state index in [2.05, 4.69) is 20.9 Å². The first-order chi connectivity index (χ1) is 28.0. The van der Waals surface area contributed by atoms with Crippen LogP contribution in [0.2, 0.25) is 10.0 Å². The minimum absolute atomic E-state index is 0.0378. The number of ketones is 2. The molecule has 1 unspecified atom stereocenters. The Morgan fingerprint density at radius 3 is 2.03 bits per heavy atom. The number of nitrogens with zero attached hydrogens (tertiary/aromatic N) is 2. The SMILES string of the molecule is CC(C)CCC(=O)NC=O.CCC(C)C(=O)c1cc(F)c(N2CCC(CN3CCC(NC(=O)/C(N)=C(/C=N)NC=O)CC3)CC2)cc1C(C)=O.Cc1c(Cl)cccc1Cl. The Kier molecular flexibility index (Phi) is 22.0. The molecule has 2 aliphatic heterocycles. The van der Waals surface area contributed by atoms with Crippen molar-refractivity contribution in [3.63, 3.8) is 0 Å². The van der Waals surface area contributed by atoms with Crippen LogP contribution in [0.4, 0.5) is 10.1 Å². The molecule has 0 aromatic heterocycles. The molecule has 2 heterocycles. The molecule has 2 saturated heterocycles. The highest BCUT2D eigenvalue weighted by Crippen LogP contribution is 2.31. The average molecular weight is 861 g/mol. The van der Waals surface area contributed by atoms with Gasteiger partial charge in [0.05, 0.1) is 11.4 Å². The fourth-order valence-corrected chi connectivity index (χ4v) is 6.91. The van der Waals surface area contributed by atoms with Gasteiger partial charge >= 0.3 is 0 Å². The number of nitrogens with one attached hydrogen (secondary N) is 4. The third-order valence-corrected chi connectivity index (χ3v) is 11.3. The highest BCUT2D eigenvalue weighted by molar-refractivity contribution is 6.35. The molecule has 1 atom stereocenters. The van der Waals surface area contributed by atoms with Gasteiger partial charge < -0.3 is 31.6 Å². The lowest BCUT2D eigenvalue weighted by atomic mass is 9.90. The molecular weight excluding hydrogens is 800 g/mol. The van der Waals surface area contributed by atoms with Crippen molar-refractivity contribution in [2.24, 2.45) is 23.5 Å². The van der Waals surface area contributed by atoms with Crippen molar-refractivity contribution in [2.75, 3.05) is 37.6 Å². The maximum atomic E-state index is 15.2. The smallest absolute Gasteiger partial charge is 0.269 e. The number of Topliss-reactive ketones (excluding diaryl/α,β-unsaturated/α-hetero) is 2. The molecule has 2 aromatic carbocycles. The van der Waals surface area contributed by atoms with Crippen molar-refractivity contribution < 1.29 is 33.2 Å². The topological polar surface area (TPSA) is 195 Å². The van der Waals surface area contributed by atoms with Crippen LogP contribution in [0.3, 0.4) is 0 Å². The Morgan fingerprint density at radius 1 is 0.949 bits per heavy atom. The summed E-state index contributed by atoms with van der Waals surface area (Å²) in [7, 11) is 0. The molecule has 59 heavy (non-hydrogen) atoms. The lowest BCUT2D eigenvalue weighted by molar-refractivity contribution is -0.125. The number of anilines is 1. The Balaban J connectivity index is 0.000000515. The van der Waals surface area contributed by atoms with Crippen LogP contribution in [0, 0.1) is 35.9 Å². The zero-order valence-electron chi connectivity index (χ0n) is 35.0. The fourth-order valence-electron chi connectivity index (χ4n) is 6.52. The monoisotopic (exact) mass is 859 g/mol. The Hall–Kier alpha value is -4.66. The van der Waals surface area contributed by atoms with Gasteiger partial charge in [0.15, 0.2) is 11.6 Å². The minimum atomic E-state index is -0.504. The van der Waals surface area contributed by atoms with E-state index in [0.29, 0.717) is 56.3 Å². The van der Waals surface area contributed by atoms with Gasteiger partial charge in [0, 0.05) is 78.5 Å². The number of nitrogens with two attached hydrogens (primary N) is 1. The van der Waals surface area contributed by atoms with E-state index in [1.165, 1.54) is 13.0 Å². The number of likely N-dealkylation sites (tertiary alicyclic amines) is 1. The quantitative estimate of drug-likeness (QED) is 0.0534. The predicted molar refractivity (Wildman–Crippen MR) is 231 cm³/mol. The number of rotatable bonds is 16. The van der Waals surface area contributed by atoms with Gasteiger partial charge in [0.25, 0.3) is 5.91 Å². The van der Waals surface area contributed by atoms with E-state index in [0.717, 1.165) is 73.6 Å². The van der Waals surface area contributed by atoms with Gasteiger partial charge in [-0.05, 0) is 94.0 Å². The van der Waals surface area contributed by atoms with Crippen LogP contribution in [-0.2, 0) is 19.2 Å². The lowest BCUT2D eigenvalue weighted by Gasteiger charge is -2.38. The molecule has 0 radical (unpaired) electrons. The lowest BCUT2D eigenvalue weighted by Crippen LogP contribution is -2.48. The molecule has 2 fully saturated rings. The Labute approximate surface area is 357 Å². The second-order valence-corrected chi connectivity index (χ2v) is 16.1. The molecule has 0 aliphatic carbocycles. The summed E-state index contributed by atoms with van der Waals surface area (Å²) < 4.78 is 15.2. The number of allylic oxidation sites excluding steroid dienone is 1. The summed E-state index contributed by atoms with van der Waals surface area (Å²) in [5, 5.41) is 15.9. The predicted octanol–water partition coefficient (Wildman–Crippen LogP) is 6.62. The zero-order chi connectivity index (χ0) is 44.2. The van der Waals surface area contributed by atoms with Crippen molar-refractivity contribution in [3.8, 4) is 0 Å². The first-order valence-corrected chi connectivity index (χ1v) is 20.7. The highest BCUT2D eigenvalue weighted by atomic mass is 35.5. The van der Waals surface area contributed by atoms with E-state index < -0.39 is 11.7 Å². The van der Waals surface area contributed by atoms with Gasteiger partial charge in [0.2, 0.25) is 18.7 Å². The zero-order valence-corrected chi connectivity index (χ0v) is 36.5. The number of carbonyl (C=O) groups is 6.